The number of carbonyl (C=O) groups is 3. The van der Waals surface area contributed by atoms with Crippen LogP contribution in [0, 0.1) is 23.7 Å². The maximum atomic E-state index is 12.6. The number of hydrogen-bond acceptors (Lipinski definition) is 4. The summed E-state index contributed by atoms with van der Waals surface area (Å²) in [7, 11) is 0. The van der Waals surface area contributed by atoms with E-state index in [-0.39, 0.29) is 46.7 Å². The Kier molecular flexibility index (Phi) is 2.49. The molecule has 1 heterocycles. The highest BCUT2D eigenvalue weighted by Gasteiger charge is 2.59. The summed E-state index contributed by atoms with van der Waals surface area (Å²) in [5.74, 6) is -2.69. The highest BCUT2D eigenvalue weighted by Crippen LogP contribution is 2.53. The smallest absolute Gasteiger partial charge is 0.339 e. The lowest BCUT2D eigenvalue weighted by Gasteiger charge is -2.18. The summed E-state index contributed by atoms with van der Waals surface area (Å²) in [5.41, 5.74) is -0.116. The van der Waals surface area contributed by atoms with Crippen LogP contribution in [0.2, 0.25) is 0 Å². The highest BCUT2D eigenvalue weighted by molar-refractivity contribution is 6.23. The van der Waals surface area contributed by atoms with Crippen molar-refractivity contribution in [2.75, 3.05) is 4.90 Å². The number of rotatable bonds is 2. The predicted octanol–water partition coefficient (Wildman–Crippen LogP) is 1.40. The van der Waals surface area contributed by atoms with Crippen molar-refractivity contribution in [3.8, 4) is 5.75 Å². The fourth-order valence-electron chi connectivity index (χ4n) is 3.99. The Labute approximate surface area is 125 Å². The van der Waals surface area contributed by atoms with Crippen LogP contribution in [0.15, 0.2) is 30.4 Å². The van der Waals surface area contributed by atoms with E-state index >= 15 is 0 Å². The van der Waals surface area contributed by atoms with E-state index < -0.39 is 11.7 Å². The Morgan fingerprint density at radius 3 is 2.23 bits per heavy atom. The predicted molar refractivity (Wildman–Crippen MR) is 75.3 cm³/mol. The molecule has 6 heteroatoms. The number of nitrogens with zero attached hydrogens (tertiary/aromatic N) is 1. The van der Waals surface area contributed by atoms with E-state index in [1.807, 2.05) is 12.2 Å². The highest BCUT2D eigenvalue weighted by atomic mass is 16.4. The Morgan fingerprint density at radius 2 is 1.68 bits per heavy atom. The number of phenols is 1. The zero-order valence-corrected chi connectivity index (χ0v) is 11.5. The lowest BCUT2D eigenvalue weighted by molar-refractivity contribution is -0.123. The second-order valence-electron chi connectivity index (χ2n) is 6.02. The number of fused-ring (bicyclic) bond motifs is 5. The number of benzene rings is 1. The van der Waals surface area contributed by atoms with Crippen molar-refractivity contribution >= 4 is 23.5 Å². The van der Waals surface area contributed by atoms with E-state index in [0.29, 0.717) is 0 Å². The molecule has 2 fully saturated rings. The number of imide groups is 1. The number of aromatic carboxylic acids is 1. The number of carboxylic acids is 1. The van der Waals surface area contributed by atoms with E-state index in [1.165, 1.54) is 18.2 Å². The first-order chi connectivity index (χ1) is 10.5. The van der Waals surface area contributed by atoms with Crippen LogP contribution in [0.3, 0.4) is 0 Å². The van der Waals surface area contributed by atoms with Gasteiger partial charge in [0, 0.05) is 0 Å². The summed E-state index contributed by atoms with van der Waals surface area (Å²) in [4.78, 5) is 37.4. The second kappa shape index (κ2) is 4.19. The number of hydrogen-bond donors (Lipinski definition) is 2. The van der Waals surface area contributed by atoms with E-state index in [1.54, 1.807) is 0 Å². The summed E-state index contributed by atoms with van der Waals surface area (Å²) in [5, 5.41) is 18.6. The number of allylic oxidation sites excluding steroid dienone is 2. The number of aromatic hydroxyl groups is 1. The third kappa shape index (κ3) is 1.52. The minimum absolute atomic E-state index is 0.104. The Morgan fingerprint density at radius 1 is 1.09 bits per heavy atom. The first-order valence-corrected chi connectivity index (χ1v) is 7.11. The van der Waals surface area contributed by atoms with Gasteiger partial charge in [0.25, 0.3) is 0 Å². The fourth-order valence-corrected chi connectivity index (χ4v) is 3.99. The zero-order valence-electron chi connectivity index (χ0n) is 11.5. The molecule has 0 spiro atoms. The van der Waals surface area contributed by atoms with Crippen LogP contribution in [0.25, 0.3) is 0 Å². The van der Waals surface area contributed by atoms with Crippen molar-refractivity contribution in [3.05, 3.63) is 35.9 Å². The topological polar surface area (TPSA) is 94.9 Å². The summed E-state index contributed by atoms with van der Waals surface area (Å²) in [6.07, 6.45) is 4.84. The van der Waals surface area contributed by atoms with Crippen molar-refractivity contribution in [2.24, 2.45) is 23.7 Å². The van der Waals surface area contributed by atoms with Gasteiger partial charge in [-0.25, -0.2) is 9.69 Å². The Bertz CT molecular complexity index is 723. The van der Waals surface area contributed by atoms with E-state index in [4.69, 9.17) is 5.11 Å². The molecule has 0 radical (unpaired) electrons. The van der Waals surface area contributed by atoms with Crippen molar-refractivity contribution in [3.63, 3.8) is 0 Å². The van der Waals surface area contributed by atoms with Crippen LogP contribution >= 0.6 is 0 Å². The van der Waals surface area contributed by atoms with Crippen LogP contribution in [-0.4, -0.2) is 28.0 Å². The molecular weight excluding hydrogens is 286 g/mol. The number of amides is 2. The lowest BCUT2D eigenvalue weighted by Crippen LogP contribution is -2.33. The van der Waals surface area contributed by atoms with Gasteiger partial charge in [0.15, 0.2) is 0 Å². The molecule has 1 saturated carbocycles. The van der Waals surface area contributed by atoms with Gasteiger partial charge in [0.05, 0.1) is 17.5 Å². The summed E-state index contributed by atoms with van der Waals surface area (Å²) in [6, 6.07) is 3.76. The maximum absolute atomic E-state index is 12.6. The Balaban J connectivity index is 1.76. The second-order valence-corrected chi connectivity index (χ2v) is 6.02. The molecule has 22 heavy (non-hydrogen) atoms. The molecule has 1 aliphatic heterocycles. The first-order valence-electron chi connectivity index (χ1n) is 7.11. The van der Waals surface area contributed by atoms with Crippen molar-refractivity contribution < 1.29 is 24.6 Å². The molecule has 0 aromatic heterocycles. The van der Waals surface area contributed by atoms with Gasteiger partial charge >= 0.3 is 5.97 Å². The minimum Gasteiger partial charge on any atom is -0.507 e. The standard InChI is InChI=1S/C16H13NO5/c18-11-4-3-9(6-10(11)16(21)22)17-14(19)12-7-1-2-8(5-7)13(12)15(17)20/h1-4,6-8,12-13,18H,5H2,(H,21,22)/t7-,8-,12-,13+/m0/s1. The van der Waals surface area contributed by atoms with Crippen molar-refractivity contribution in [1.29, 1.82) is 0 Å². The summed E-state index contributed by atoms with van der Waals surface area (Å²) >= 11 is 0. The molecule has 1 aromatic rings. The van der Waals surface area contributed by atoms with Gasteiger partial charge in [-0.1, -0.05) is 12.2 Å². The third-order valence-corrected chi connectivity index (χ3v) is 4.94. The molecule has 2 aliphatic carbocycles. The van der Waals surface area contributed by atoms with E-state index in [2.05, 4.69) is 0 Å². The molecule has 4 atom stereocenters. The summed E-state index contributed by atoms with van der Waals surface area (Å²) < 4.78 is 0. The number of carboxylic acid groups (broad SMARTS) is 1. The Hall–Kier alpha value is -2.63. The molecule has 2 N–H and O–H groups in total. The molecule has 6 nitrogen and oxygen atoms in total. The maximum Gasteiger partial charge on any atom is 0.339 e. The molecule has 4 rings (SSSR count). The molecule has 112 valence electrons. The SMILES string of the molecule is O=C(O)c1cc(N2C(=O)[C@@H]3[C@H](C2=O)[C@H]2C=C[C@H]3C2)ccc1O. The van der Waals surface area contributed by atoms with Crippen LogP contribution < -0.4 is 4.90 Å². The monoisotopic (exact) mass is 299 g/mol. The van der Waals surface area contributed by atoms with Gasteiger partial charge in [-0.05, 0) is 36.5 Å². The van der Waals surface area contributed by atoms with Gasteiger partial charge in [-0.2, -0.15) is 0 Å². The molecule has 2 bridgehead atoms. The largest absolute Gasteiger partial charge is 0.507 e. The number of carbonyl (C=O) groups excluding carboxylic acids is 2. The molecule has 1 saturated heterocycles. The van der Waals surface area contributed by atoms with Gasteiger partial charge in [-0.3, -0.25) is 9.59 Å². The molecular formula is C16H13NO5. The molecule has 3 aliphatic rings. The molecule has 0 unspecified atom stereocenters. The normalized spacial score (nSPS) is 31.9. The average molecular weight is 299 g/mol. The van der Waals surface area contributed by atoms with Crippen LogP contribution in [-0.2, 0) is 9.59 Å². The summed E-state index contributed by atoms with van der Waals surface area (Å²) in [6.45, 7) is 0. The quantitative estimate of drug-likeness (QED) is 0.636. The fraction of sp³-hybridized carbons (Fsp3) is 0.312. The molecule has 2 amide bonds. The number of anilines is 1. The van der Waals surface area contributed by atoms with Gasteiger partial charge in [-0.15, -0.1) is 0 Å². The van der Waals surface area contributed by atoms with Crippen LogP contribution in [0.5, 0.6) is 5.75 Å². The van der Waals surface area contributed by atoms with Crippen LogP contribution in [0.1, 0.15) is 16.8 Å². The zero-order chi connectivity index (χ0) is 15.6. The van der Waals surface area contributed by atoms with Gasteiger partial charge in [0.2, 0.25) is 11.8 Å². The van der Waals surface area contributed by atoms with Crippen molar-refractivity contribution in [2.45, 2.75) is 6.42 Å². The molecule has 1 aromatic carbocycles. The lowest BCUT2D eigenvalue weighted by atomic mass is 9.85. The van der Waals surface area contributed by atoms with Crippen molar-refractivity contribution in [1.82, 2.24) is 0 Å². The first kappa shape index (κ1) is 13.1. The van der Waals surface area contributed by atoms with E-state index in [0.717, 1.165) is 11.3 Å². The van der Waals surface area contributed by atoms with Gasteiger partial charge in [0.1, 0.15) is 11.3 Å². The minimum atomic E-state index is -1.31. The van der Waals surface area contributed by atoms with Crippen LogP contribution in [0.4, 0.5) is 5.69 Å². The van der Waals surface area contributed by atoms with E-state index in [9.17, 15) is 19.5 Å². The average Bonchev–Trinajstić information content (AvgIpc) is 3.14. The third-order valence-electron chi connectivity index (χ3n) is 4.94. The van der Waals surface area contributed by atoms with Gasteiger partial charge < -0.3 is 10.2 Å².